The van der Waals surface area contributed by atoms with Gasteiger partial charge in [0.05, 0.1) is 11.8 Å². The molecule has 1 rings (SSSR count). The van der Waals surface area contributed by atoms with Crippen molar-refractivity contribution in [3.63, 3.8) is 0 Å². The number of amidine groups is 1. The molecule has 20 heavy (non-hydrogen) atoms. The lowest BCUT2D eigenvalue weighted by Crippen LogP contribution is -2.47. The Bertz CT molecular complexity index is 359. The zero-order valence-electron chi connectivity index (χ0n) is 13.7. The third-order valence-corrected chi connectivity index (χ3v) is 3.86. The molecule has 116 valence electrons. The zero-order chi connectivity index (χ0) is 15.2. The molecular weight excluding hydrogens is 250 g/mol. The third-order valence-electron chi connectivity index (χ3n) is 3.86. The number of aliphatic hydroxyl groups excluding tert-OH is 1. The van der Waals surface area contributed by atoms with Gasteiger partial charge in [0.1, 0.15) is 5.84 Å². The van der Waals surface area contributed by atoms with Gasteiger partial charge in [-0.05, 0) is 40.0 Å². The lowest BCUT2D eigenvalue weighted by Gasteiger charge is -2.40. The minimum absolute atomic E-state index is 0.0223. The van der Waals surface area contributed by atoms with Crippen molar-refractivity contribution < 1.29 is 5.11 Å². The first kappa shape index (κ1) is 17.0. The number of nitrogens with one attached hydrogen (secondary N) is 1. The van der Waals surface area contributed by atoms with Crippen LogP contribution in [0.1, 0.15) is 53.4 Å². The van der Waals surface area contributed by atoms with Crippen molar-refractivity contribution in [1.82, 2.24) is 10.2 Å². The highest BCUT2D eigenvalue weighted by Gasteiger charge is 2.33. The van der Waals surface area contributed by atoms with E-state index in [-0.39, 0.29) is 11.6 Å². The Balaban J connectivity index is 3.10. The molecule has 0 aromatic heterocycles. The first-order valence-corrected chi connectivity index (χ1v) is 7.79. The fraction of sp³-hybridized carbons (Fsp3) is 0.812. The van der Waals surface area contributed by atoms with Gasteiger partial charge in [0, 0.05) is 25.7 Å². The van der Waals surface area contributed by atoms with Crippen LogP contribution in [0.15, 0.2) is 16.8 Å². The number of allylic oxidation sites excluding steroid dienone is 1. The fourth-order valence-corrected chi connectivity index (χ4v) is 2.62. The van der Waals surface area contributed by atoms with Crippen LogP contribution in [0.4, 0.5) is 0 Å². The quantitative estimate of drug-likeness (QED) is 0.761. The van der Waals surface area contributed by atoms with Crippen molar-refractivity contribution in [1.29, 1.82) is 0 Å². The third kappa shape index (κ3) is 4.51. The van der Waals surface area contributed by atoms with Crippen LogP contribution in [0.2, 0.25) is 0 Å². The SMILES string of the molecule is CCCC/C=C1\C(=NC)NCCC(C)(C)N1CC(C)O. The van der Waals surface area contributed by atoms with Crippen molar-refractivity contribution in [2.45, 2.75) is 65.0 Å². The van der Waals surface area contributed by atoms with E-state index >= 15 is 0 Å². The Morgan fingerprint density at radius 3 is 2.75 bits per heavy atom. The highest BCUT2D eigenvalue weighted by Crippen LogP contribution is 2.27. The van der Waals surface area contributed by atoms with Crippen molar-refractivity contribution in [2.24, 2.45) is 4.99 Å². The van der Waals surface area contributed by atoms with Gasteiger partial charge in [-0.15, -0.1) is 0 Å². The summed E-state index contributed by atoms with van der Waals surface area (Å²) in [5.41, 5.74) is 1.17. The Labute approximate surface area is 124 Å². The van der Waals surface area contributed by atoms with Gasteiger partial charge in [-0.2, -0.15) is 0 Å². The van der Waals surface area contributed by atoms with Crippen LogP contribution in [-0.2, 0) is 0 Å². The second-order valence-electron chi connectivity index (χ2n) is 6.25. The van der Waals surface area contributed by atoms with E-state index in [1.807, 2.05) is 14.0 Å². The summed E-state index contributed by atoms with van der Waals surface area (Å²) in [5, 5.41) is 13.3. The van der Waals surface area contributed by atoms with Gasteiger partial charge in [-0.25, -0.2) is 0 Å². The molecule has 0 aliphatic carbocycles. The predicted octanol–water partition coefficient (Wildman–Crippen LogP) is 2.54. The van der Waals surface area contributed by atoms with E-state index in [0.29, 0.717) is 6.54 Å². The van der Waals surface area contributed by atoms with E-state index in [1.165, 1.54) is 12.8 Å². The van der Waals surface area contributed by atoms with E-state index in [4.69, 9.17) is 0 Å². The Kier molecular flexibility index (Phi) is 6.53. The smallest absolute Gasteiger partial charge is 0.144 e. The van der Waals surface area contributed by atoms with Crippen LogP contribution in [0.25, 0.3) is 0 Å². The predicted molar refractivity (Wildman–Crippen MR) is 86.1 cm³/mol. The van der Waals surface area contributed by atoms with Gasteiger partial charge in [0.15, 0.2) is 0 Å². The summed E-state index contributed by atoms with van der Waals surface area (Å²) < 4.78 is 0. The molecule has 0 aromatic rings. The van der Waals surface area contributed by atoms with Gasteiger partial charge < -0.3 is 15.3 Å². The van der Waals surface area contributed by atoms with E-state index in [0.717, 1.165) is 30.9 Å². The van der Waals surface area contributed by atoms with Crippen LogP contribution < -0.4 is 5.32 Å². The second-order valence-corrected chi connectivity index (χ2v) is 6.25. The number of β-amino-alcohol motifs (C(OH)–C–C–N with tert-alkyl or cyclic N) is 1. The molecule has 0 spiro atoms. The largest absolute Gasteiger partial charge is 0.392 e. The highest BCUT2D eigenvalue weighted by atomic mass is 16.3. The van der Waals surface area contributed by atoms with Crippen molar-refractivity contribution in [2.75, 3.05) is 20.1 Å². The number of rotatable bonds is 5. The maximum Gasteiger partial charge on any atom is 0.144 e. The number of unbranched alkanes of at least 4 members (excludes halogenated alkanes) is 2. The van der Waals surface area contributed by atoms with Gasteiger partial charge in [0.2, 0.25) is 0 Å². The van der Waals surface area contributed by atoms with Gasteiger partial charge in [-0.3, -0.25) is 4.99 Å². The summed E-state index contributed by atoms with van der Waals surface area (Å²) >= 11 is 0. The zero-order valence-corrected chi connectivity index (χ0v) is 13.7. The average molecular weight is 281 g/mol. The molecule has 1 aliphatic heterocycles. The summed E-state index contributed by atoms with van der Waals surface area (Å²) in [6, 6.07) is 0. The van der Waals surface area contributed by atoms with Crippen molar-refractivity contribution >= 4 is 5.84 Å². The Morgan fingerprint density at radius 2 is 2.20 bits per heavy atom. The molecule has 4 heteroatoms. The van der Waals surface area contributed by atoms with Crippen LogP contribution in [-0.4, -0.2) is 47.6 Å². The first-order valence-electron chi connectivity index (χ1n) is 7.79. The molecule has 1 fully saturated rings. The molecule has 0 radical (unpaired) electrons. The molecule has 0 amide bonds. The maximum absolute atomic E-state index is 9.85. The molecule has 4 nitrogen and oxygen atoms in total. The van der Waals surface area contributed by atoms with Crippen molar-refractivity contribution in [3.05, 3.63) is 11.8 Å². The average Bonchev–Trinajstić information content (AvgIpc) is 2.48. The summed E-state index contributed by atoms with van der Waals surface area (Å²) in [6.45, 7) is 10.1. The summed E-state index contributed by atoms with van der Waals surface area (Å²) in [4.78, 5) is 6.72. The number of hydrogen-bond acceptors (Lipinski definition) is 3. The molecule has 0 bridgehead atoms. The monoisotopic (exact) mass is 281 g/mol. The minimum atomic E-state index is -0.347. The van der Waals surface area contributed by atoms with Crippen LogP contribution in [0.3, 0.4) is 0 Å². The number of aliphatic imine (C=N–C) groups is 1. The van der Waals surface area contributed by atoms with Gasteiger partial charge in [-0.1, -0.05) is 19.4 Å². The van der Waals surface area contributed by atoms with E-state index in [2.05, 4.69) is 42.1 Å². The van der Waals surface area contributed by atoms with Gasteiger partial charge >= 0.3 is 0 Å². The molecule has 0 saturated carbocycles. The lowest BCUT2D eigenvalue weighted by molar-refractivity contribution is 0.0898. The second kappa shape index (κ2) is 7.67. The van der Waals surface area contributed by atoms with E-state index in [1.54, 1.807) is 0 Å². The molecule has 1 saturated heterocycles. The molecule has 2 N–H and O–H groups in total. The summed E-state index contributed by atoms with van der Waals surface area (Å²) in [6.07, 6.45) is 6.39. The number of nitrogens with zero attached hydrogens (tertiary/aromatic N) is 2. The van der Waals surface area contributed by atoms with E-state index in [9.17, 15) is 5.11 Å². The molecule has 1 heterocycles. The summed E-state index contributed by atoms with van der Waals surface area (Å²) in [7, 11) is 1.83. The molecular formula is C16H31N3O. The lowest BCUT2D eigenvalue weighted by atomic mass is 9.97. The van der Waals surface area contributed by atoms with E-state index < -0.39 is 0 Å². The number of aliphatic hydroxyl groups is 1. The summed E-state index contributed by atoms with van der Waals surface area (Å²) in [5.74, 6) is 0.951. The van der Waals surface area contributed by atoms with Crippen LogP contribution in [0, 0.1) is 0 Å². The van der Waals surface area contributed by atoms with Crippen LogP contribution >= 0.6 is 0 Å². The molecule has 1 unspecified atom stereocenters. The normalized spacial score (nSPS) is 24.6. The molecule has 1 atom stereocenters. The standard InChI is InChI=1S/C16H31N3O/c1-6-7-8-9-14-15(17-5)18-11-10-16(3,4)19(14)12-13(2)20/h9,13,20H,6-8,10-12H2,1-5H3,(H,17,18)/b14-9+. The van der Waals surface area contributed by atoms with Crippen molar-refractivity contribution in [3.8, 4) is 0 Å². The fourth-order valence-electron chi connectivity index (χ4n) is 2.62. The van der Waals surface area contributed by atoms with Gasteiger partial charge in [0.25, 0.3) is 0 Å². The first-order chi connectivity index (χ1) is 9.42. The Hall–Kier alpha value is -1.03. The topological polar surface area (TPSA) is 47.9 Å². The Morgan fingerprint density at radius 1 is 1.50 bits per heavy atom. The molecule has 0 aromatic carbocycles. The minimum Gasteiger partial charge on any atom is -0.392 e. The van der Waals surface area contributed by atoms with Crippen LogP contribution in [0.5, 0.6) is 0 Å². The molecule has 1 aliphatic rings. The maximum atomic E-state index is 9.85. The highest BCUT2D eigenvalue weighted by molar-refractivity contribution is 5.98. The number of hydrogen-bond donors (Lipinski definition) is 2.